The van der Waals surface area contributed by atoms with E-state index in [1.165, 1.54) is 32.1 Å². The van der Waals surface area contributed by atoms with Gasteiger partial charge in [0.05, 0.1) is 18.8 Å². The van der Waals surface area contributed by atoms with Gasteiger partial charge in [-0.1, -0.05) is 47.1 Å². The van der Waals surface area contributed by atoms with Gasteiger partial charge < -0.3 is 9.47 Å². The minimum absolute atomic E-state index is 0.317. The van der Waals surface area contributed by atoms with Crippen molar-refractivity contribution in [3.63, 3.8) is 0 Å². The molecule has 1 heterocycles. The maximum absolute atomic E-state index is 5.95. The summed E-state index contributed by atoms with van der Waals surface area (Å²) >= 11 is 0. The second-order valence-corrected chi connectivity index (χ2v) is 6.71. The Bertz CT molecular complexity index is 267. The first kappa shape index (κ1) is 22.7. The zero-order valence-electron chi connectivity index (χ0n) is 16.6. The maximum Gasteiger partial charge on any atom is 0.0814 e. The molecule has 0 aromatic heterocycles. The summed E-state index contributed by atoms with van der Waals surface area (Å²) < 4.78 is 11.9. The molecule has 0 amide bonds. The third-order valence-electron chi connectivity index (χ3n) is 4.64. The van der Waals surface area contributed by atoms with Gasteiger partial charge >= 0.3 is 0 Å². The van der Waals surface area contributed by atoms with Crippen LogP contribution < -0.4 is 0 Å². The van der Waals surface area contributed by atoms with Crippen molar-refractivity contribution in [3.8, 4) is 0 Å². The van der Waals surface area contributed by atoms with Gasteiger partial charge in [0, 0.05) is 6.61 Å². The molecule has 2 fully saturated rings. The third kappa shape index (κ3) is 9.52. The van der Waals surface area contributed by atoms with Crippen molar-refractivity contribution < 1.29 is 9.47 Å². The predicted molar refractivity (Wildman–Crippen MR) is 102 cm³/mol. The Morgan fingerprint density at radius 1 is 1.00 bits per heavy atom. The molecule has 1 aliphatic carbocycles. The molecule has 2 aliphatic rings. The molecular weight excluding hydrogens is 284 g/mol. The molecule has 5 atom stereocenters. The van der Waals surface area contributed by atoms with Crippen molar-refractivity contribution in [2.75, 3.05) is 13.2 Å². The van der Waals surface area contributed by atoms with Crippen LogP contribution in [0.4, 0.5) is 0 Å². The van der Waals surface area contributed by atoms with E-state index in [0.717, 1.165) is 31.5 Å². The molecule has 23 heavy (non-hydrogen) atoms. The lowest BCUT2D eigenvalue weighted by Crippen LogP contribution is -2.34. The molecule has 0 spiro atoms. The Morgan fingerprint density at radius 3 is 2.30 bits per heavy atom. The predicted octanol–water partition coefficient (Wildman–Crippen LogP) is 6.25. The zero-order chi connectivity index (χ0) is 17.7. The molecule has 0 aromatic carbocycles. The van der Waals surface area contributed by atoms with Gasteiger partial charge in [0.15, 0.2) is 0 Å². The van der Waals surface area contributed by atoms with E-state index in [4.69, 9.17) is 9.47 Å². The molecule has 0 bridgehead atoms. The van der Waals surface area contributed by atoms with Crippen molar-refractivity contribution in [1.29, 1.82) is 0 Å². The number of hydrogen-bond acceptors (Lipinski definition) is 2. The average molecular weight is 327 g/mol. The second-order valence-electron chi connectivity index (χ2n) is 6.71. The van der Waals surface area contributed by atoms with E-state index in [2.05, 4.69) is 26.5 Å². The number of allylic oxidation sites excluding steroid dienone is 1. The van der Waals surface area contributed by atoms with Gasteiger partial charge in [0.1, 0.15) is 0 Å². The Kier molecular flexibility index (Phi) is 13.8. The van der Waals surface area contributed by atoms with Crippen LogP contribution in [0.2, 0.25) is 0 Å². The van der Waals surface area contributed by atoms with E-state index in [0.29, 0.717) is 18.1 Å². The van der Waals surface area contributed by atoms with E-state index in [9.17, 15) is 0 Å². The molecule has 2 heteroatoms. The van der Waals surface area contributed by atoms with Gasteiger partial charge in [-0.25, -0.2) is 0 Å². The van der Waals surface area contributed by atoms with Gasteiger partial charge in [0.25, 0.3) is 0 Å². The van der Waals surface area contributed by atoms with Crippen molar-refractivity contribution in [1.82, 2.24) is 0 Å². The highest BCUT2D eigenvalue weighted by Gasteiger charge is 2.25. The van der Waals surface area contributed by atoms with Crippen LogP contribution in [0, 0.1) is 17.8 Å². The van der Waals surface area contributed by atoms with E-state index in [-0.39, 0.29) is 0 Å². The molecule has 138 valence electrons. The van der Waals surface area contributed by atoms with Gasteiger partial charge in [0.2, 0.25) is 0 Å². The molecule has 5 unspecified atom stereocenters. The number of hydrogen-bond donors (Lipinski definition) is 0. The lowest BCUT2D eigenvalue weighted by atomic mass is 9.82. The van der Waals surface area contributed by atoms with Crippen molar-refractivity contribution in [2.45, 2.75) is 92.3 Å². The van der Waals surface area contributed by atoms with Crippen LogP contribution in [0.5, 0.6) is 0 Å². The van der Waals surface area contributed by atoms with Crippen LogP contribution in [0.15, 0.2) is 12.7 Å². The third-order valence-corrected chi connectivity index (χ3v) is 4.64. The first-order valence-corrected chi connectivity index (χ1v) is 10.0. The fourth-order valence-corrected chi connectivity index (χ4v) is 3.72. The average Bonchev–Trinajstić information content (AvgIpc) is 2.58. The summed E-state index contributed by atoms with van der Waals surface area (Å²) in [6, 6.07) is 0. The lowest BCUT2D eigenvalue weighted by molar-refractivity contribution is -0.0976. The quantitative estimate of drug-likeness (QED) is 0.556. The SMILES string of the molecule is C=CC1CCCC(COCC2CC(C)CC(C)O2)C1.CC.CC. The van der Waals surface area contributed by atoms with E-state index in [1.807, 2.05) is 27.7 Å². The van der Waals surface area contributed by atoms with Crippen LogP contribution >= 0.6 is 0 Å². The molecule has 1 aliphatic heterocycles. The molecule has 2 nitrogen and oxygen atoms in total. The Hall–Kier alpha value is -0.340. The highest BCUT2D eigenvalue weighted by Crippen LogP contribution is 2.30. The van der Waals surface area contributed by atoms with Gasteiger partial charge in [-0.3, -0.25) is 0 Å². The van der Waals surface area contributed by atoms with Gasteiger partial charge in [-0.2, -0.15) is 0 Å². The summed E-state index contributed by atoms with van der Waals surface area (Å²) in [4.78, 5) is 0. The molecule has 0 aromatic rings. The Labute approximate surface area is 146 Å². The standard InChI is InChI=1S/C17H30O2.2C2H6/c1-4-15-6-5-7-16(10-15)11-18-12-17-9-13(2)8-14(3)19-17;2*1-2/h4,13-17H,1,5-12H2,2-3H3;2*1-2H3. The summed E-state index contributed by atoms with van der Waals surface area (Å²) in [7, 11) is 0. The van der Waals surface area contributed by atoms with Crippen molar-refractivity contribution in [3.05, 3.63) is 12.7 Å². The fraction of sp³-hybridized carbons (Fsp3) is 0.905. The van der Waals surface area contributed by atoms with E-state index >= 15 is 0 Å². The summed E-state index contributed by atoms with van der Waals surface area (Å²) in [6.45, 7) is 18.1. The minimum Gasteiger partial charge on any atom is -0.378 e. The summed E-state index contributed by atoms with van der Waals surface area (Å²) in [5, 5.41) is 0. The lowest BCUT2D eigenvalue weighted by Gasteiger charge is -2.33. The van der Waals surface area contributed by atoms with Gasteiger partial charge in [-0.15, -0.1) is 6.58 Å². The number of ether oxygens (including phenoxy) is 2. The summed E-state index contributed by atoms with van der Waals surface area (Å²) in [5.41, 5.74) is 0. The first-order valence-electron chi connectivity index (χ1n) is 10.0. The number of rotatable bonds is 5. The molecule has 2 rings (SSSR count). The molecule has 1 saturated carbocycles. The van der Waals surface area contributed by atoms with E-state index in [1.54, 1.807) is 0 Å². The topological polar surface area (TPSA) is 18.5 Å². The highest BCUT2D eigenvalue weighted by atomic mass is 16.5. The van der Waals surface area contributed by atoms with Crippen LogP contribution in [0.25, 0.3) is 0 Å². The van der Waals surface area contributed by atoms with E-state index < -0.39 is 0 Å². The normalized spacial score (nSPS) is 33.6. The smallest absolute Gasteiger partial charge is 0.0814 e. The molecule has 0 radical (unpaired) electrons. The Morgan fingerprint density at radius 2 is 1.70 bits per heavy atom. The van der Waals surface area contributed by atoms with Crippen LogP contribution in [-0.4, -0.2) is 25.4 Å². The van der Waals surface area contributed by atoms with Crippen LogP contribution in [-0.2, 0) is 9.47 Å². The molecule has 1 saturated heterocycles. The van der Waals surface area contributed by atoms with Crippen LogP contribution in [0.1, 0.15) is 80.1 Å². The van der Waals surface area contributed by atoms with Crippen LogP contribution in [0.3, 0.4) is 0 Å². The highest BCUT2D eigenvalue weighted by molar-refractivity contribution is 4.84. The largest absolute Gasteiger partial charge is 0.378 e. The summed E-state index contributed by atoms with van der Waals surface area (Å²) in [6.07, 6.45) is 10.4. The fourth-order valence-electron chi connectivity index (χ4n) is 3.72. The zero-order valence-corrected chi connectivity index (χ0v) is 16.6. The van der Waals surface area contributed by atoms with Gasteiger partial charge in [-0.05, 0) is 56.8 Å². The molecular formula is C21H42O2. The maximum atomic E-state index is 5.95. The first-order chi connectivity index (χ1) is 11.2. The summed E-state index contributed by atoms with van der Waals surface area (Å²) in [5.74, 6) is 2.22. The second kappa shape index (κ2) is 14.0. The monoisotopic (exact) mass is 326 g/mol. The molecule has 0 N–H and O–H groups in total. The van der Waals surface area contributed by atoms with Crippen molar-refractivity contribution >= 4 is 0 Å². The Balaban J connectivity index is 0.00000112. The minimum atomic E-state index is 0.317. The van der Waals surface area contributed by atoms with Crippen molar-refractivity contribution in [2.24, 2.45) is 17.8 Å².